The van der Waals surface area contributed by atoms with E-state index < -0.39 is 0 Å². The average Bonchev–Trinajstić information content (AvgIpc) is 3.00. The van der Waals surface area contributed by atoms with Crippen molar-refractivity contribution in [3.63, 3.8) is 0 Å². The zero-order valence-corrected chi connectivity index (χ0v) is 23.6. The van der Waals surface area contributed by atoms with Crippen LogP contribution >= 0.6 is 0 Å². The van der Waals surface area contributed by atoms with Crippen molar-refractivity contribution < 1.29 is 9.47 Å². The summed E-state index contributed by atoms with van der Waals surface area (Å²) in [4.78, 5) is 4.81. The molecule has 5 heteroatoms. The Labute approximate surface area is 238 Å². The van der Waals surface area contributed by atoms with Crippen molar-refractivity contribution in [2.45, 2.75) is 46.8 Å². The highest BCUT2D eigenvalue weighted by Gasteiger charge is 2.14. The number of hydrogen-bond donors (Lipinski definition) is 1. The SMILES string of the molecule is CCCN=C(NCCC)c1ccc(OCc2cccc(-c3ccccc3)c2C)cc1OCc1cccc(C#N)c1. The van der Waals surface area contributed by atoms with Gasteiger partial charge in [0.2, 0.25) is 0 Å². The van der Waals surface area contributed by atoms with Gasteiger partial charge in [-0.25, -0.2) is 0 Å². The van der Waals surface area contributed by atoms with E-state index in [0.29, 0.717) is 24.5 Å². The second kappa shape index (κ2) is 14.6. The molecule has 0 spiro atoms. The highest BCUT2D eigenvalue weighted by Crippen LogP contribution is 2.29. The molecule has 0 aromatic heterocycles. The predicted molar refractivity (Wildman–Crippen MR) is 163 cm³/mol. The summed E-state index contributed by atoms with van der Waals surface area (Å²) >= 11 is 0. The minimum Gasteiger partial charge on any atom is -0.489 e. The minimum absolute atomic E-state index is 0.332. The summed E-state index contributed by atoms with van der Waals surface area (Å²) in [5.41, 5.74) is 7.18. The Morgan fingerprint density at radius 1 is 0.850 bits per heavy atom. The molecule has 204 valence electrons. The first kappa shape index (κ1) is 28.4. The lowest BCUT2D eigenvalue weighted by Crippen LogP contribution is -2.26. The van der Waals surface area contributed by atoms with Crippen LogP contribution in [0.4, 0.5) is 0 Å². The second-order valence-electron chi connectivity index (χ2n) is 9.66. The summed E-state index contributed by atoms with van der Waals surface area (Å²) in [5, 5.41) is 12.8. The lowest BCUT2D eigenvalue weighted by atomic mass is 9.97. The van der Waals surface area contributed by atoms with Crippen LogP contribution in [0.5, 0.6) is 11.5 Å². The van der Waals surface area contributed by atoms with Crippen LogP contribution in [0.15, 0.2) is 96.0 Å². The molecule has 0 heterocycles. The Hall–Kier alpha value is -4.56. The quantitative estimate of drug-likeness (QED) is 0.149. The lowest BCUT2D eigenvalue weighted by molar-refractivity contribution is 0.289. The van der Waals surface area contributed by atoms with Crippen molar-refractivity contribution in [3.05, 3.63) is 119 Å². The van der Waals surface area contributed by atoms with Crippen molar-refractivity contribution in [1.29, 1.82) is 5.26 Å². The van der Waals surface area contributed by atoms with E-state index in [4.69, 9.17) is 14.5 Å². The van der Waals surface area contributed by atoms with Gasteiger partial charge in [-0.05, 0) is 71.8 Å². The molecule has 0 amide bonds. The third kappa shape index (κ3) is 7.51. The fourth-order valence-electron chi connectivity index (χ4n) is 4.43. The molecular weight excluding hydrogens is 494 g/mol. The van der Waals surface area contributed by atoms with Gasteiger partial charge < -0.3 is 14.8 Å². The zero-order chi connectivity index (χ0) is 28.2. The van der Waals surface area contributed by atoms with E-state index in [2.05, 4.69) is 74.6 Å². The van der Waals surface area contributed by atoms with Gasteiger partial charge in [0.15, 0.2) is 0 Å². The van der Waals surface area contributed by atoms with E-state index in [0.717, 1.165) is 54.2 Å². The monoisotopic (exact) mass is 531 g/mol. The fraction of sp³-hybridized carbons (Fsp3) is 0.257. The van der Waals surface area contributed by atoms with Crippen LogP contribution in [0.3, 0.4) is 0 Å². The molecule has 0 aliphatic heterocycles. The van der Waals surface area contributed by atoms with E-state index in [-0.39, 0.29) is 0 Å². The molecule has 0 atom stereocenters. The third-order valence-electron chi connectivity index (χ3n) is 6.62. The third-order valence-corrected chi connectivity index (χ3v) is 6.62. The van der Waals surface area contributed by atoms with Crippen LogP contribution in [0, 0.1) is 18.3 Å². The normalized spacial score (nSPS) is 11.1. The number of amidine groups is 1. The van der Waals surface area contributed by atoms with Crippen LogP contribution in [0.25, 0.3) is 11.1 Å². The standard InChI is InChI=1S/C35H37N3O2/c1-4-19-37-35(38-20-5-2)33-18-17-31(22-34(33)40-24-28-12-9-11-27(21-28)23-36)39-25-30-15-10-16-32(26(30)3)29-13-7-6-8-14-29/h6-18,21-22H,4-5,19-20,24-25H2,1-3H3,(H,37,38). The molecule has 5 nitrogen and oxygen atoms in total. The van der Waals surface area contributed by atoms with Crippen molar-refractivity contribution in [2.75, 3.05) is 13.1 Å². The van der Waals surface area contributed by atoms with E-state index in [9.17, 15) is 5.26 Å². The molecule has 0 aliphatic rings. The smallest absolute Gasteiger partial charge is 0.134 e. The minimum atomic E-state index is 0.332. The van der Waals surface area contributed by atoms with Gasteiger partial charge in [0, 0.05) is 19.2 Å². The van der Waals surface area contributed by atoms with Crippen molar-refractivity contribution >= 4 is 5.84 Å². The van der Waals surface area contributed by atoms with Gasteiger partial charge in [0.1, 0.15) is 30.5 Å². The largest absolute Gasteiger partial charge is 0.489 e. The van der Waals surface area contributed by atoms with E-state index in [1.807, 2.05) is 42.5 Å². The Morgan fingerprint density at radius 2 is 1.68 bits per heavy atom. The molecule has 0 saturated heterocycles. The summed E-state index contributed by atoms with van der Waals surface area (Å²) in [7, 11) is 0. The van der Waals surface area contributed by atoms with E-state index >= 15 is 0 Å². The van der Waals surface area contributed by atoms with Crippen LogP contribution < -0.4 is 14.8 Å². The van der Waals surface area contributed by atoms with Crippen molar-refractivity contribution in [2.24, 2.45) is 4.99 Å². The number of nitriles is 1. The maximum atomic E-state index is 9.29. The summed E-state index contributed by atoms with van der Waals surface area (Å²) in [6.45, 7) is 8.72. The molecule has 40 heavy (non-hydrogen) atoms. The zero-order valence-electron chi connectivity index (χ0n) is 23.6. The molecule has 0 fully saturated rings. The summed E-state index contributed by atoms with van der Waals surface area (Å²) in [5.74, 6) is 2.23. The number of rotatable bonds is 12. The maximum absolute atomic E-state index is 9.29. The molecule has 0 bridgehead atoms. The molecule has 0 saturated carbocycles. The number of nitrogens with one attached hydrogen (secondary N) is 1. The van der Waals surface area contributed by atoms with Crippen LogP contribution in [0.2, 0.25) is 0 Å². The number of aliphatic imine (C=N–C) groups is 1. The van der Waals surface area contributed by atoms with Gasteiger partial charge in [0.05, 0.1) is 17.2 Å². The Morgan fingerprint density at radius 3 is 2.45 bits per heavy atom. The Balaban J connectivity index is 1.60. The lowest BCUT2D eigenvalue weighted by Gasteiger charge is -2.17. The highest BCUT2D eigenvalue weighted by molar-refractivity contribution is 6.01. The molecule has 4 rings (SSSR count). The predicted octanol–water partition coefficient (Wildman–Crippen LogP) is 7.85. The van der Waals surface area contributed by atoms with Crippen LogP contribution in [-0.4, -0.2) is 18.9 Å². The summed E-state index contributed by atoms with van der Waals surface area (Å²) in [6, 6.07) is 32.4. The van der Waals surface area contributed by atoms with E-state index in [1.165, 1.54) is 16.7 Å². The number of ether oxygens (including phenoxy) is 2. The number of nitrogens with zero attached hydrogens (tertiary/aromatic N) is 2. The molecule has 0 unspecified atom stereocenters. The van der Waals surface area contributed by atoms with Gasteiger partial charge in [-0.15, -0.1) is 0 Å². The molecule has 0 radical (unpaired) electrons. The first-order valence-corrected chi connectivity index (χ1v) is 13.9. The fourth-order valence-corrected chi connectivity index (χ4v) is 4.43. The highest BCUT2D eigenvalue weighted by atomic mass is 16.5. The van der Waals surface area contributed by atoms with E-state index in [1.54, 1.807) is 6.07 Å². The first-order chi connectivity index (χ1) is 19.6. The molecule has 0 aliphatic carbocycles. The van der Waals surface area contributed by atoms with Gasteiger partial charge in [-0.1, -0.05) is 74.5 Å². The van der Waals surface area contributed by atoms with Gasteiger partial charge in [-0.2, -0.15) is 5.26 Å². The Kier molecular flexibility index (Phi) is 10.4. The molecule has 4 aromatic rings. The maximum Gasteiger partial charge on any atom is 0.134 e. The van der Waals surface area contributed by atoms with Crippen molar-refractivity contribution in [3.8, 4) is 28.7 Å². The van der Waals surface area contributed by atoms with Gasteiger partial charge >= 0.3 is 0 Å². The number of benzene rings is 4. The second-order valence-corrected chi connectivity index (χ2v) is 9.66. The van der Waals surface area contributed by atoms with Crippen molar-refractivity contribution in [1.82, 2.24) is 5.32 Å². The average molecular weight is 532 g/mol. The molecular formula is C35H37N3O2. The van der Waals surface area contributed by atoms with Crippen LogP contribution in [0.1, 0.15) is 54.5 Å². The Bertz CT molecular complexity index is 1470. The summed E-state index contributed by atoms with van der Waals surface area (Å²) in [6.07, 6.45) is 1.95. The number of hydrogen-bond acceptors (Lipinski definition) is 4. The first-order valence-electron chi connectivity index (χ1n) is 13.9. The van der Waals surface area contributed by atoms with Crippen LogP contribution in [-0.2, 0) is 13.2 Å². The molecule has 1 N–H and O–H groups in total. The van der Waals surface area contributed by atoms with Gasteiger partial charge in [-0.3, -0.25) is 4.99 Å². The summed E-state index contributed by atoms with van der Waals surface area (Å²) < 4.78 is 12.7. The molecule has 4 aromatic carbocycles. The topological polar surface area (TPSA) is 66.6 Å². The van der Waals surface area contributed by atoms with Gasteiger partial charge in [0.25, 0.3) is 0 Å².